The van der Waals surface area contributed by atoms with Crippen LogP contribution in [0, 0.1) is 12.7 Å². The van der Waals surface area contributed by atoms with Crippen molar-refractivity contribution in [1.29, 1.82) is 0 Å². The van der Waals surface area contributed by atoms with Gasteiger partial charge in [0.25, 0.3) is 5.91 Å². The molecule has 0 saturated carbocycles. The fraction of sp³-hybridized carbons (Fsp3) is 0.280. The lowest BCUT2D eigenvalue weighted by Gasteiger charge is -2.18. The van der Waals surface area contributed by atoms with Gasteiger partial charge in [0.15, 0.2) is 5.16 Å². The van der Waals surface area contributed by atoms with Crippen LogP contribution in [0.15, 0.2) is 47.8 Å². The van der Waals surface area contributed by atoms with E-state index in [1.54, 1.807) is 29.3 Å². The molecule has 3 heterocycles. The molecule has 0 spiro atoms. The number of aryl methyl sites for hydroxylation is 1. The number of fused-ring (bicyclic) bond motifs is 1. The number of aromatic nitrogens is 2. The van der Waals surface area contributed by atoms with Gasteiger partial charge >= 0.3 is 6.03 Å². The highest BCUT2D eigenvalue weighted by Crippen LogP contribution is 2.39. The summed E-state index contributed by atoms with van der Waals surface area (Å²) < 4.78 is 20.5. The molecule has 0 aliphatic carbocycles. The largest absolute Gasteiger partial charge is 0.487 e. The Labute approximate surface area is 206 Å². The molecule has 10 heteroatoms. The van der Waals surface area contributed by atoms with Gasteiger partial charge in [0.2, 0.25) is 0 Å². The van der Waals surface area contributed by atoms with Crippen LogP contribution in [0.2, 0.25) is 0 Å². The van der Waals surface area contributed by atoms with Crippen LogP contribution < -0.4 is 20.3 Å². The van der Waals surface area contributed by atoms with Gasteiger partial charge in [-0.25, -0.2) is 19.2 Å². The number of urea groups is 1. The van der Waals surface area contributed by atoms with E-state index in [0.717, 1.165) is 11.1 Å². The number of anilines is 1. The number of ether oxygens (including phenoxy) is 1. The van der Waals surface area contributed by atoms with Gasteiger partial charge in [0.05, 0.1) is 12.2 Å². The number of amides is 3. The summed E-state index contributed by atoms with van der Waals surface area (Å²) in [4.78, 5) is 35.2. The number of rotatable bonds is 6. The third kappa shape index (κ3) is 4.66. The number of carbonyl (C=O) groups is 2. The summed E-state index contributed by atoms with van der Waals surface area (Å²) in [5.41, 5.74) is 3.98. The van der Waals surface area contributed by atoms with Gasteiger partial charge < -0.3 is 15.4 Å². The molecule has 0 unspecified atom stereocenters. The Morgan fingerprint density at radius 1 is 1.31 bits per heavy atom. The molecule has 0 bridgehead atoms. The lowest BCUT2D eigenvalue weighted by atomic mass is 10.0. The van der Waals surface area contributed by atoms with Crippen molar-refractivity contribution in [2.75, 3.05) is 30.8 Å². The summed E-state index contributed by atoms with van der Waals surface area (Å²) in [6, 6.07) is 9.72. The number of nitrogens with one attached hydrogen (secondary N) is 2. The van der Waals surface area contributed by atoms with Crippen molar-refractivity contribution in [3.63, 3.8) is 0 Å². The van der Waals surface area contributed by atoms with Crippen LogP contribution in [-0.4, -0.2) is 53.9 Å². The maximum absolute atomic E-state index is 14.4. The summed E-state index contributed by atoms with van der Waals surface area (Å²) >= 11 is 1.41. The molecule has 1 saturated heterocycles. The number of nitrogens with zero attached hydrogens (tertiary/aromatic N) is 3. The van der Waals surface area contributed by atoms with Crippen molar-refractivity contribution >= 4 is 29.4 Å². The Balaban J connectivity index is 1.30. The number of benzene rings is 2. The van der Waals surface area contributed by atoms with Gasteiger partial charge in [-0.3, -0.25) is 9.69 Å². The Morgan fingerprint density at radius 3 is 2.94 bits per heavy atom. The number of carbonyl (C=O) groups excluding carboxylic acids is 2. The second-order valence-corrected chi connectivity index (χ2v) is 9.18. The maximum atomic E-state index is 14.4. The first-order chi connectivity index (χ1) is 16.9. The maximum Gasteiger partial charge on any atom is 0.322 e. The SMILES string of the molecule is CSc1nccc(-c2cc(F)cc3c2O[C@H](CNC(=O)c2ccc(C)c(N4CCNC4=O)c2)C3)n1. The van der Waals surface area contributed by atoms with Crippen LogP contribution in [0.25, 0.3) is 11.3 Å². The van der Waals surface area contributed by atoms with E-state index >= 15 is 0 Å². The standard InChI is InChI=1S/C25H24FN5O3S/c1-14-3-4-15(11-21(14)31-8-7-28-25(31)33)23(32)29-13-18-10-16-9-17(26)12-19(22(16)34-18)20-5-6-27-24(30-20)35-2/h3-6,9,11-12,18H,7-8,10,13H2,1-2H3,(H,28,33)(H,29,32)/t18-/m0/s1. The van der Waals surface area contributed by atoms with Crippen LogP contribution in [0.5, 0.6) is 5.75 Å². The van der Waals surface area contributed by atoms with E-state index in [9.17, 15) is 14.0 Å². The normalized spacial score (nSPS) is 16.6. The predicted molar refractivity (Wildman–Crippen MR) is 132 cm³/mol. The zero-order valence-electron chi connectivity index (χ0n) is 19.3. The minimum absolute atomic E-state index is 0.167. The summed E-state index contributed by atoms with van der Waals surface area (Å²) in [6.07, 6.45) is 3.64. The Hall–Kier alpha value is -3.66. The minimum atomic E-state index is -0.366. The summed E-state index contributed by atoms with van der Waals surface area (Å²) in [5, 5.41) is 6.28. The zero-order chi connectivity index (χ0) is 24.5. The topological polar surface area (TPSA) is 96.5 Å². The van der Waals surface area contributed by atoms with Crippen LogP contribution in [0.4, 0.5) is 14.9 Å². The van der Waals surface area contributed by atoms with E-state index in [2.05, 4.69) is 20.6 Å². The summed E-state index contributed by atoms with van der Waals surface area (Å²) in [5.74, 6) is -0.0548. The highest BCUT2D eigenvalue weighted by atomic mass is 32.2. The van der Waals surface area contributed by atoms with Crippen LogP contribution in [-0.2, 0) is 6.42 Å². The van der Waals surface area contributed by atoms with Crippen molar-refractivity contribution in [3.05, 3.63) is 65.1 Å². The third-order valence-electron chi connectivity index (χ3n) is 6.06. The molecule has 3 aromatic rings. The number of hydrogen-bond acceptors (Lipinski definition) is 6. The van der Waals surface area contributed by atoms with E-state index in [1.165, 1.54) is 23.9 Å². The smallest absolute Gasteiger partial charge is 0.322 e. The third-order valence-corrected chi connectivity index (χ3v) is 6.63. The molecular formula is C25H24FN5O3S. The number of hydrogen-bond donors (Lipinski definition) is 2. The second kappa shape index (κ2) is 9.53. The molecule has 180 valence electrons. The molecule has 3 amide bonds. The molecular weight excluding hydrogens is 469 g/mol. The molecule has 1 atom stereocenters. The van der Waals surface area contributed by atoms with E-state index in [4.69, 9.17) is 4.74 Å². The molecule has 2 N–H and O–H groups in total. The fourth-order valence-electron chi connectivity index (χ4n) is 4.34. The highest BCUT2D eigenvalue weighted by Gasteiger charge is 2.28. The van der Waals surface area contributed by atoms with Crippen molar-refractivity contribution in [3.8, 4) is 17.0 Å². The molecule has 35 heavy (non-hydrogen) atoms. The monoisotopic (exact) mass is 493 g/mol. The molecule has 2 aromatic carbocycles. The molecule has 1 aromatic heterocycles. The van der Waals surface area contributed by atoms with Gasteiger partial charge in [-0.15, -0.1) is 0 Å². The van der Waals surface area contributed by atoms with Crippen molar-refractivity contribution < 1.29 is 18.7 Å². The number of thioether (sulfide) groups is 1. The molecule has 8 nitrogen and oxygen atoms in total. The molecule has 1 fully saturated rings. The predicted octanol–water partition coefficient (Wildman–Crippen LogP) is 3.58. The lowest BCUT2D eigenvalue weighted by Crippen LogP contribution is -2.34. The van der Waals surface area contributed by atoms with Crippen molar-refractivity contribution in [1.82, 2.24) is 20.6 Å². The van der Waals surface area contributed by atoms with E-state index in [-0.39, 0.29) is 30.4 Å². The quantitative estimate of drug-likeness (QED) is 0.403. The van der Waals surface area contributed by atoms with E-state index in [0.29, 0.717) is 52.9 Å². The first-order valence-corrected chi connectivity index (χ1v) is 12.5. The fourth-order valence-corrected chi connectivity index (χ4v) is 4.70. The minimum Gasteiger partial charge on any atom is -0.487 e. The first kappa shape index (κ1) is 23.1. The number of halogens is 1. The van der Waals surface area contributed by atoms with Crippen LogP contribution in [0.1, 0.15) is 21.5 Å². The van der Waals surface area contributed by atoms with Crippen molar-refractivity contribution in [2.24, 2.45) is 0 Å². The Morgan fingerprint density at radius 2 is 2.17 bits per heavy atom. The molecule has 2 aliphatic heterocycles. The van der Waals surface area contributed by atoms with Crippen molar-refractivity contribution in [2.45, 2.75) is 24.6 Å². The summed E-state index contributed by atoms with van der Waals surface area (Å²) in [6.45, 7) is 3.29. The average Bonchev–Trinajstić information content (AvgIpc) is 3.48. The van der Waals surface area contributed by atoms with Gasteiger partial charge in [-0.2, -0.15) is 0 Å². The van der Waals surface area contributed by atoms with E-state index in [1.807, 2.05) is 19.2 Å². The van der Waals surface area contributed by atoms with Crippen LogP contribution in [0.3, 0.4) is 0 Å². The lowest BCUT2D eigenvalue weighted by molar-refractivity contribution is 0.0933. The summed E-state index contributed by atoms with van der Waals surface area (Å²) in [7, 11) is 0. The van der Waals surface area contributed by atoms with Crippen LogP contribution >= 0.6 is 11.8 Å². The van der Waals surface area contributed by atoms with Gasteiger partial charge in [-0.05, 0) is 49.1 Å². The van der Waals surface area contributed by atoms with Gasteiger partial charge in [0.1, 0.15) is 17.7 Å². The molecule has 2 aliphatic rings. The second-order valence-electron chi connectivity index (χ2n) is 8.41. The molecule has 5 rings (SSSR count). The first-order valence-electron chi connectivity index (χ1n) is 11.2. The Bertz CT molecular complexity index is 1320. The average molecular weight is 494 g/mol. The van der Waals surface area contributed by atoms with E-state index < -0.39 is 0 Å². The highest BCUT2D eigenvalue weighted by molar-refractivity contribution is 7.98. The molecule has 0 radical (unpaired) electrons. The van der Waals surface area contributed by atoms with Gasteiger partial charge in [-0.1, -0.05) is 17.8 Å². The van der Waals surface area contributed by atoms with Gasteiger partial charge in [0, 0.05) is 48.1 Å². The Kier molecular flexibility index (Phi) is 6.29. The zero-order valence-corrected chi connectivity index (χ0v) is 20.1.